The van der Waals surface area contributed by atoms with Crippen LogP contribution in [0.25, 0.3) is 0 Å². The molecule has 2 nitrogen and oxygen atoms in total. The molecule has 1 aromatic rings. The minimum absolute atomic E-state index is 0.278. The molecule has 1 aliphatic rings. The first-order valence-corrected chi connectivity index (χ1v) is 6.64. The molecule has 2 rings (SSSR count). The molecule has 0 saturated heterocycles. The molecule has 0 aliphatic heterocycles. The highest BCUT2D eigenvalue weighted by Gasteiger charge is 2.28. The Hall–Kier alpha value is -0.410. The molecule has 3 atom stereocenters. The number of nitrogens with zero attached hydrogens (tertiary/aromatic N) is 1. The first kappa shape index (κ1) is 11.1. The van der Waals surface area contributed by atoms with Gasteiger partial charge in [-0.3, -0.25) is 0 Å². The summed E-state index contributed by atoms with van der Waals surface area (Å²) in [5.74, 6) is 1.22. The quantitative estimate of drug-likeness (QED) is 0.837. The maximum Gasteiger partial charge on any atom is 0.0928 e. The van der Waals surface area contributed by atoms with Gasteiger partial charge >= 0.3 is 0 Å². The number of aromatic nitrogens is 1. The van der Waals surface area contributed by atoms with Gasteiger partial charge in [0.25, 0.3) is 0 Å². The first-order chi connectivity index (χ1) is 7.18. The lowest BCUT2D eigenvalue weighted by Gasteiger charge is -2.30. The maximum atomic E-state index is 10.3. The lowest BCUT2D eigenvalue weighted by atomic mass is 9.79. The highest BCUT2D eigenvalue weighted by Crippen LogP contribution is 2.38. The van der Waals surface area contributed by atoms with Gasteiger partial charge in [-0.15, -0.1) is 11.3 Å². The monoisotopic (exact) mass is 225 g/mol. The molecule has 0 spiro atoms. The van der Waals surface area contributed by atoms with Crippen LogP contribution in [0.2, 0.25) is 0 Å². The molecule has 0 amide bonds. The molecule has 1 aromatic heterocycles. The lowest BCUT2D eigenvalue weighted by Crippen LogP contribution is -2.20. The van der Waals surface area contributed by atoms with E-state index in [0.717, 1.165) is 16.5 Å². The van der Waals surface area contributed by atoms with Crippen molar-refractivity contribution in [3.8, 4) is 0 Å². The predicted octanol–water partition coefficient (Wildman–Crippen LogP) is 3.31. The number of aliphatic hydroxyl groups is 1. The van der Waals surface area contributed by atoms with Gasteiger partial charge in [0.1, 0.15) is 0 Å². The number of rotatable bonds is 2. The average molecular weight is 225 g/mol. The molecule has 1 aliphatic carbocycles. The van der Waals surface area contributed by atoms with Crippen molar-refractivity contribution in [2.45, 2.75) is 45.6 Å². The molecule has 1 N–H and O–H groups in total. The molecule has 1 heterocycles. The summed E-state index contributed by atoms with van der Waals surface area (Å²) in [7, 11) is 0. The Morgan fingerprint density at radius 2 is 2.33 bits per heavy atom. The van der Waals surface area contributed by atoms with E-state index in [0.29, 0.717) is 5.92 Å². The summed E-state index contributed by atoms with van der Waals surface area (Å²) in [5, 5.41) is 10.3. The van der Waals surface area contributed by atoms with Gasteiger partial charge in [-0.25, -0.2) is 4.98 Å². The van der Waals surface area contributed by atoms with Crippen LogP contribution in [0, 0.1) is 18.8 Å². The molecule has 1 saturated carbocycles. The Labute approximate surface area is 95.4 Å². The SMILES string of the molecule is Cc1ncsc1C(O)C1CCCC(C)C1. The summed E-state index contributed by atoms with van der Waals surface area (Å²) in [6.07, 6.45) is 4.65. The largest absolute Gasteiger partial charge is 0.387 e. The van der Waals surface area contributed by atoms with E-state index >= 15 is 0 Å². The maximum absolute atomic E-state index is 10.3. The molecular weight excluding hydrogens is 206 g/mol. The fourth-order valence-corrected chi connectivity index (χ4v) is 3.46. The standard InChI is InChI=1S/C12H19NOS/c1-8-4-3-5-10(6-8)11(14)12-9(2)13-7-15-12/h7-8,10-11,14H,3-6H2,1-2H3. The topological polar surface area (TPSA) is 33.1 Å². The number of aliphatic hydroxyl groups excluding tert-OH is 1. The highest BCUT2D eigenvalue weighted by molar-refractivity contribution is 7.09. The normalized spacial score (nSPS) is 29.0. The Morgan fingerprint density at radius 3 is 2.93 bits per heavy atom. The van der Waals surface area contributed by atoms with Gasteiger partial charge in [0, 0.05) is 0 Å². The van der Waals surface area contributed by atoms with Crippen LogP contribution in [0.3, 0.4) is 0 Å². The van der Waals surface area contributed by atoms with E-state index in [-0.39, 0.29) is 6.10 Å². The van der Waals surface area contributed by atoms with Crippen molar-refractivity contribution in [1.29, 1.82) is 0 Å². The van der Waals surface area contributed by atoms with Crippen molar-refractivity contribution < 1.29 is 5.11 Å². The third-order valence-corrected chi connectivity index (χ3v) is 4.48. The summed E-state index contributed by atoms with van der Waals surface area (Å²) in [6.45, 7) is 4.28. The second-order valence-corrected chi connectivity index (χ2v) is 5.67. The van der Waals surface area contributed by atoms with Crippen LogP contribution >= 0.6 is 11.3 Å². The van der Waals surface area contributed by atoms with Crippen molar-refractivity contribution >= 4 is 11.3 Å². The van der Waals surface area contributed by atoms with E-state index in [1.807, 2.05) is 12.4 Å². The van der Waals surface area contributed by atoms with E-state index < -0.39 is 0 Å². The average Bonchev–Trinajstić information content (AvgIpc) is 2.63. The smallest absolute Gasteiger partial charge is 0.0928 e. The van der Waals surface area contributed by atoms with E-state index in [9.17, 15) is 5.11 Å². The second kappa shape index (κ2) is 4.62. The fourth-order valence-electron chi connectivity index (χ4n) is 2.58. The zero-order valence-corrected chi connectivity index (χ0v) is 10.3. The molecule has 15 heavy (non-hydrogen) atoms. The molecule has 3 unspecified atom stereocenters. The fraction of sp³-hybridized carbons (Fsp3) is 0.750. The Kier molecular flexibility index (Phi) is 3.42. The molecule has 0 aromatic carbocycles. The van der Waals surface area contributed by atoms with Crippen LogP contribution in [-0.2, 0) is 0 Å². The predicted molar refractivity (Wildman–Crippen MR) is 62.9 cm³/mol. The minimum Gasteiger partial charge on any atom is -0.387 e. The lowest BCUT2D eigenvalue weighted by molar-refractivity contribution is 0.0736. The van der Waals surface area contributed by atoms with Crippen molar-refractivity contribution in [1.82, 2.24) is 4.98 Å². The van der Waals surface area contributed by atoms with Gasteiger partial charge in [0.05, 0.1) is 22.2 Å². The van der Waals surface area contributed by atoms with Gasteiger partial charge in [-0.05, 0) is 31.6 Å². The Balaban J connectivity index is 2.07. The highest BCUT2D eigenvalue weighted by atomic mass is 32.1. The number of aryl methyl sites for hydroxylation is 1. The van der Waals surface area contributed by atoms with Crippen LogP contribution in [-0.4, -0.2) is 10.1 Å². The van der Waals surface area contributed by atoms with Crippen LogP contribution in [0.5, 0.6) is 0 Å². The van der Waals surface area contributed by atoms with E-state index in [4.69, 9.17) is 0 Å². The third-order valence-electron chi connectivity index (χ3n) is 3.47. The number of hydrogen-bond donors (Lipinski definition) is 1. The first-order valence-electron chi connectivity index (χ1n) is 5.76. The van der Waals surface area contributed by atoms with Crippen molar-refractivity contribution in [2.24, 2.45) is 11.8 Å². The summed E-state index contributed by atoms with van der Waals surface area (Å²) in [6, 6.07) is 0. The zero-order valence-electron chi connectivity index (χ0n) is 9.44. The minimum atomic E-state index is -0.278. The number of thiazole rings is 1. The number of hydrogen-bond acceptors (Lipinski definition) is 3. The zero-order chi connectivity index (χ0) is 10.8. The van der Waals surface area contributed by atoms with E-state index in [1.165, 1.54) is 25.7 Å². The van der Waals surface area contributed by atoms with Crippen LogP contribution < -0.4 is 0 Å². The van der Waals surface area contributed by atoms with Crippen LogP contribution in [0.1, 0.15) is 49.3 Å². The van der Waals surface area contributed by atoms with E-state index in [2.05, 4.69) is 11.9 Å². The van der Waals surface area contributed by atoms with Gasteiger partial charge in [-0.1, -0.05) is 19.8 Å². The summed E-state index contributed by atoms with van der Waals surface area (Å²) in [5.41, 5.74) is 2.84. The molecule has 3 heteroatoms. The van der Waals surface area contributed by atoms with Crippen molar-refractivity contribution in [3.63, 3.8) is 0 Å². The van der Waals surface area contributed by atoms with Gasteiger partial charge in [0.15, 0.2) is 0 Å². The molecule has 0 radical (unpaired) electrons. The molecule has 84 valence electrons. The van der Waals surface area contributed by atoms with Crippen molar-refractivity contribution in [3.05, 3.63) is 16.1 Å². The van der Waals surface area contributed by atoms with Crippen LogP contribution in [0.4, 0.5) is 0 Å². The van der Waals surface area contributed by atoms with Gasteiger partial charge in [-0.2, -0.15) is 0 Å². The molecular formula is C12H19NOS. The summed E-state index contributed by atoms with van der Waals surface area (Å²) < 4.78 is 0. The van der Waals surface area contributed by atoms with Gasteiger partial charge < -0.3 is 5.11 Å². The van der Waals surface area contributed by atoms with E-state index in [1.54, 1.807) is 11.3 Å². The Bertz CT molecular complexity index is 323. The summed E-state index contributed by atoms with van der Waals surface area (Å²) >= 11 is 1.59. The van der Waals surface area contributed by atoms with Crippen LogP contribution in [0.15, 0.2) is 5.51 Å². The third kappa shape index (κ3) is 2.40. The van der Waals surface area contributed by atoms with Crippen molar-refractivity contribution in [2.75, 3.05) is 0 Å². The Morgan fingerprint density at radius 1 is 1.53 bits per heavy atom. The summed E-state index contributed by atoms with van der Waals surface area (Å²) in [4.78, 5) is 5.29. The van der Waals surface area contributed by atoms with Gasteiger partial charge in [0.2, 0.25) is 0 Å². The molecule has 0 bridgehead atoms. The second-order valence-electron chi connectivity index (χ2n) is 4.78. The molecule has 1 fully saturated rings.